The molecule has 0 bridgehead atoms. The van der Waals surface area contributed by atoms with E-state index in [9.17, 15) is 8.42 Å². The Kier molecular flexibility index (Phi) is 4.00. The predicted octanol–water partition coefficient (Wildman–Crippen LogP) is 1.95. The Labute approximate surface area is 122 Å². The van der Waals surface area contributed by atoms with Gasteiger partial charge in [0.05, 0.1) is 29.3 Å². The van der Waals surface area contributed by atoms with E-state index < -0.39 is 10.0 Å². The van der Waals surface area contributed by atoms with Crippen molar-refractivity contribution in [1.82, 2.24) is 0 Å². The lowest BCUT2D eigenvalue weighted by Crippen LogP contribution is -2.13. The van der Waals surface area contributed by atoms with Gasteiger partial charge in [0, 0.05) is 11.8 Å². The molecule has 0 radical (unpaired) electrons. The third-order valence-electron chi connectivity index (χ3n) is 2.76. The second-order valence-corrected chi connectivity index (χ2v) is 5.88. The number of nitrogens with zero attached hydrogens (tertiary/aromatic N) is 1. The molecule has 0 amide bonds. The molecule has 3 N–H and O–H groups in total. The Balaban J connectivity index is 2.35. The molecule has 2 aromatic carbocycles. The van der Waals surface area contributed by atoms with Crippen LogP contribution in [0.3, 0.4) is 0 Å². The summed E-state index contributed by atoms with van der Waals surface area (Å²) in [5, 5.41) is 8.72. The highest BCUT2D eigenvalue weighted by Gasteiger charge is 2.16. The standard InChI is InChI=1S/C14H13N3O3S/c1-20-14-8-11(16)4-7-13(14)17-21(18,19)12-5-2-10(9-15)3-6-12/h2-8,17H,16H2,1H3. The molecule has 0 fully saturated rings. The Morgan fingerprint density at radius 2 is 1.86 bits per heavy atom. The number of sulfonamides is 1. The molecule has 0 aliphatic heterocycles. The highest BCUT2D eigenvalue weighted by molar-refractivity contribution is 7.92. The summed E-state index contributed by atoms with van der Waals surface area (Å²) in [6, 6.07) is 12.2. The van der Waals surface area contributed by atoms with Gasteiger partial charge in [0.1, 0.15) is 5.75 Å². The van der Waals surface area contributed by atoms with E-state index in [0.29, 0.717) is 17.0 Å². The summed E-state index contributed by atoms with van der Waals surface area (Å²) in [6.07, 6.45) is 0. The molecule has 2 rings (SSSR count). The Hall–Kier alpha value is -2.72. The van der Waals surface area contributed by atoms with Crippen molar-refractivity contribution in [3.8, 4) is 11.8 Å². The molecule has 0 unspecified atom stereocenters. The van der Waals surface area contributed by atoms with Gasteiger partial charge in [-0.15, -0.1) is 0 Å². The van der Waals surface area contributed by atoms with Crippen molar-refractivity contribution in [3.63, 3.8) is 0 Å². The summed E-state index contributed by atoms with van der Waals surface area (Å²) >= 11 is 0. The molecule has 0 atom stereocenters. The van der Waals surface area contributed by atoms with Crippen molar-refractivity contribution in [2.75, 3.05) is 17.6 Å². The van der Waals surface area contributed by atoms with E-state index in [4.69, 9.17) is 15.7 Å². The van der Waals surface area contributed by atoms with Gasteiger partial charge >= 0.3 is 0 Å². The topological polar surface area (TPSA) is 105 Å². The fraction of sp³-hybridized carbons (Fsp3) is 0.0714. The molecule has 0 saturated heterocycles. The van der Waals surface area contributed by atoms with E-state index in [1.165, 1.54) is 43.5 Å². The van der Waals surface area contributed by atoms with E-state index in [1.807, 2.05) is 6.07 Å². The van der Waals surface area contributed by atoms with Crippen LogP contribution in [-0.4, -0.2) is 15.5 Å². The normalized spacial score (nSPS) is 10.7. The summed E-state index contributed by atoms with van der Waals surface area (Å²) in [7, 11) is -2.34. The van der Waals surface area contributed by atoms with Gasteiger partial charge < -0.3 is 10.5 Å². The van der Waals surface area contributed by atoms with Gasteiger partial charge in [0.2, 0.25) is 0 Å². The Morgan fingerprint density at radius 3 is 2.43 bits per heavy atom. The van der Waals surface area contributed by atoms with Crippen molar-refractivity contribution >= 4 is 21.4 Å². The van der Waals surface area contributed by atoms with Gasteiger partial charge in [0.25, 0.3) is 10.0 Å². The van der Waals surface area contributed by atoms with Crippen LogP contribution in [0.1, 0.15) is 5.56 Å². The highest BCUT2D eigenvalue weighted by Crippen LogP contribution is 2.28. The molecule has 0 aliphatic rings. The van der Waals surface area contributed by atoms with Crippen molar-refractivity contribution in [1.29, 1.82) is 5.26 Å². The maximum absolute atomic E-state index is 12.3. The summed E-state index contributed by atoms with van der Waals surface area (Å²) in [5.41, 5.74) is 6.76. The van der Waals surface area contributed by atoms with Crippen LogP contribution in [0.5, 0.6) is 5.75 Å². The van der Waals surface area contributed by atoms with Crippen LogP contribution in [0.15, 0.2) is 47.4 Å². The summed E-state index contributed by atoms with van der Waals surface area (Å²) in [6.45, 7) is 0. The number of nitrogen functional groups attached to an aromatic ring is 1. The van der Waals surface area contributed by atoms with Gasteiger partial charge in [-0.05, 0) is 36.4 Å². The van der Waals surface area contributed by atoms with Crippen LogP contribution in [0, 0.1) is 11.3 Å². The van der Waals surface area contributed by atoms with E-state index in [0.717, 1.165) is 0 Å². The van der Waals surface area contributed by atoms with Crippen molar-refractivity contribution in [3.05, 3.63) is 48.0 Å². The molecule has 108 valence electrons. The quantitative estimate of drug-likeness (QED) is 0.840. The number of nitrogens with one attached hydrogen (secondary N) is 1. The zero-order chi connectivity index (χ0) is 15.5. The lowest BCUT2D eigenvalue weighted by molar-refractivity contribution is 0.417. The molecule has 0 heterocycles. The lowest BCUT2D eigenvalue weighted by Gasteiger charge is -2.12. The first-order valence-electron chi connectivity index (χ1n) is 5.93. The number of hydrogen-bond donors (Lipinski definition) is 2. The molecule has 0 aliphatic carbocycles. The number of anilines is 2. The number of methoxy groups -OCH3 is 1. The number of ether oxygens (including phenoxy) is 1. The first-order valence-corrected chi connectivity index (χ1v) is 7.41. The SMILES string of the molecule is COc1cc(N)ccc1NS(=O)(=O)c1ccc(C#N)cc1. The number of benzene rings is 2. The van der Waals surface area contributed by atoms with E-state index in [2.05, 4.69) is 4.72 Å². The maximum Gasteiger partial charge on any atom is 0.262 e. The third kappa shape index (κ3) is 3.24. The third-order valence-corrected chi connectivity index (χ3v) is 4.15. The molecule has 7 heteroatoms. The largest absolute Gasteiger partial charge is 0.494 e. The minimum atomic E-state index is -3.76. The monoisotopic (exact) mass is 303 g/mol. The molecule has 2 aromatic rings. The van der Waals surface area contributed by atoms with E-state index in [-0.39, 0.29) is 10.6 Å². The summed E-state index contributed by atoms with van der Waals surface area (Å²) in [5.74, 6) is 0.326. The van der Waals surface area contributed by atoms with Crippen LogP contribution in [0.2, 0.25) is 0 Å². The summed E-state index contributed by atoms with van der Waals surface area (Å²) < 4.78 is 32.1. The van der Waals surface area contributed by atoms with Crippen LogP contribution >= 0.6 is 0 Å². The maximum atomic E-state index is 12.3. The molecule has 0 saturated carbocycles. The van der Waals surface area contributed by atoms with E-state index in [1.54, 1.807) is 6.07 Å². The first kappa shape index (κ1) is 14.7. The Morgan fingerprint density at radius 1 is 1.19 bits per heavy atom. The zero-order valence-corrected chi connectivity index (χ0v) is 12.0. The van der Waals surface area contributed by atoms with Gasteiger partial charge in [0.15, 0.2) is 0 Å². The average Bonchev–Trinajstić information content (AvgIpc) is 2.49. The average molecular weight is 303 g/mol. The number of nitriles is 1. The molecule has 0 spiro atoms. The van der Waals surface area contributed by atoms with Crippen molar-refractivity contribution in [2.24, 2.45) is 0 Å². The molecule has 21 heavy (non-hydrogen) atoms. The van der Waals surface area contributed by atoms with Crippen LogP contribution in [0.4, 0.5) is 11.4 Å². The highest BCUT2D eigenvalue weighted by atomic mass is 32.2. The summed E-state index contributed by atoms with van der Waals surface area (Å²) in [4.78, 5) is 0.0559. The fourth-order valence-electron chi connectivity index (χ4n) is 1.70. The number of nitrogens with two attached hydrogens (primary N) is 1. The van der Waals surface area contributed by atoms with Gasteiger partial charge in [-0.1, -0.05) is 0 Å². The first-order chi connectivity index (χ1) is 9.96. The van der Waals surface area contributed by atoms with Crippen LogP contribution < -0.4 is 15.2 Å². The number of rotatable bonds is 4. The Bertz CT molecular complexity index is 793. The van der Waals surface area contributed by atoms with E-state index >= 15 is 0 Å². The van der Waals surface area contributed by atoms with Crippen LogP contribution in [-0.2, 0) is 10.0 Å². The second kappa shape index (κ2) is 5.73. The molecule has 6 nitrogen and oxygen atoms in total. The van der Waals surface area contributed by atoms with Gasteiger partial charge in [-0.3, -0.25) is 4.72 Å². The predicted molar refractivity (Wildman–Crippen MR) is 79.4 cm³/mol. The van der Waals surface area contributed by atoms with Crippen molar-refractivity contribution in [2.45, 2.75) is 4.90 Å². The van der Waals surface area contributed by atoms with Crippen LogP contribution in [0.25, 0.3) is 0 Å². The minimum Gasteiger partial charge on any atom is -0.494 e. The van der Waals surface area contributed by atoms with Crippen molar-refractivity contribution < 1.29 is 13.2 Å². The zero-order valence-electron chi connectivity index (χ0n) is 11.2. The van der Waals surface area contributed by atoms with Gasteiger partial charge in [-0.2, -0.15) is 5.26 Å². The second-order valence-electron chi connectivity index (χ2n) is 4.20. The lowest BCUT2D eigenvalue weighted by atomic mass is 10.2. The smallest absolute Gasteiger partial charge is 0.262 e. The fourth-order valence-corrected chi connectivity index (χ4v) is 2.77. The molecule has 0 aromatic heterocycles. The number of hydrogen-bond acceptors (Lipinski definition) is 5. The molecular weight excluding hydrogens is 290 g/mol. The minimum absolute atomic E-state index is 0.0559. The van der Waals surface area contributed by atoms with Gasteiger partial charge in [-0.25, -0.2) is 8.42 Å². The molecular formula is C14H13N3O3S.